The van der Waals surface area contributed by atoms with Crippen molar-refractivity contribution in [3.63, 3.8) is 0 Å². The molecule has 0 radical (unpaired) electrons. The summed E-state index contributed by atoms with van der Waals surface area (Å²) in [6.45, 7) is 4.26. The van der Waals surface area contributed by atoms with Gasteiger partial charge in [0.1, 0.15) is 6.04 Å². The summed E-state index contributed by atoms with van der Waals surface area (Å²) in [5.74, 6) is 0.0940. The van der Waals surface area contributed by atoms with Crippen molar-refractivity contribution in [3.05, 3.63) is 0 Å². The Morgan fingerprint density at radius 3 is 2.62 bits per heavy atom. The number of hydrogen-bond donors (Lipinski definition) is 2. The van der Waals surface area contributed by atoms with Crippen molar-refractivity contribution in [2.45, 2.75) is 32.7 Å². The van der Waals surface area contributed by atoms with Crippen molar-refractivity contribution >= 4 is 5.97 Å². The number of carbonyl (C=O) groups is 1. The minimum atomic E-state index is -0.890. The average Bonchev–Trinajstić information content (AvgIpc) is 2.10. The predicted molar refractivity (Wildman–Crippen MR) is 50.1 cm³/mol. The molecule has 13 heavy (non-hydrogen) atoms. The molecule has 1 atom stereocenters. The molecule has 0 aromatic heterocycles. The van der Waals surface area contributed by atoms with Gasteiger partial charge >= 0.3 is 5.97 Å². The van der Waals surface area contributed by atoms with Crippen LogP contribution in [0.15, 0.2) is 0 Å². The summed E-state index contributed by atoms with van der Waals surface area (Å²) in [4.78, 5) is 10.9. The molecule has 0 fully saturated rings. The molecule has 0 aromatic rings. The van der Waals surface area contributed by atoms with E-state index >= 15 is 0 Å². The first-order chi connectivity index (χ1) is 6.07. The predicted octanol–water partition coefficient (Wildman–Crippen LogP) is 0.285. The molecule has 0 aromatic carbocycles. The van der Waals surface area contributed by atoms with Gasteiger partial charge in [0.15, 0.2) is 0 Å². The van der Waals surface area contributed by atoms with E-state index in [1.807, 2.05) is 0 Å². The maximum Gasteiger partial charge on any atom is 0.325 e. The molecule has 1 unspecified atom stereocenters. The van der Waals surface area contributed by atoms with Gasteiger partial charge in [0.2, 0.25) is 0 Å². The zero-order chi connectivity index (χ0) is 10.3. The quantitative estimate of drug-likeness (QED) is 0.465. The zero-order valence-corrected chi connectivity index (χ0v) is 8.32. The molecule has 0 spiro atoms. The second kappa shape index (κ2) is 6.86. The number of ether oxygens (including phenoxy) is 1. The van der Waals surface area contributed by atoms with E-state index < -0.39 is 12.0 Å². The third-order valence-electron chi connectivity index (χ3n) is 1.67. The highest BCUT2D eigenvalue weighted by atomic mass is 16.5. The Balaban J connectivity index is 3.37. The fourth-order valence-electron chi connectivity index (χ4n) is 0.846. The number of rotatable bonds is 6. The van der Waals surface area contributed by atoms with Crippen LogP contribution in [0.5, 0.6) is 0 Å². The molecule has 0 amide bonds. The minimum Gasteiger partial charge on any atom is -0.464 e. The summed E-state index contributed by atoms with van der Waals surface area (Å²) in [7, 11) is 0. The molecule has 0 rings (SSSR count). The SMILES string of the molecule is CC(C)CCCOC(=O)C(N)CO. The standard InChI is InChI=1S/C9H19NO3/c1-7(2)4-3-5-13-9(12)8(10)6-11/h7-8,11H,3-6,10H2,1-2H3. The second-order valence-electron chi connectivity index (χ2n) is 3.49. The first-order valence-corrected chi connectivity index (χ1v) is 4.61. The lowest BCUT2D eigenvalue weighted by molar-refractivity contribution is -0.146. The first kappa shape index (κ1) is 12.4. The van der Waals surface area contributed by atoms with E-state index in [2.05, 4.69) is 13.8 Å². The second-order valence-corrected chi connectivity index (χ2v) is 3.49. The lowest BCUT2D eigenvalue weighted by Gasteiger charge is -2.09. The van der Waals surface area contributed by atoms with Gasteiger partial charge in [0.25, 0.3) is 0 Å². The largest absolute Gasteiger partial charge is 0.464 e. The number of aliphatic hydroxyl groups excluding tert-OH is 1. The lowest BCUT2D eigenvalue weighted by Crippen LogP contribution is -2.35. The van der Waals surface area contributed by atoms with Gasteiger partial charge in [0.05, 0.1) is 13.2 Å². The van der Waals surface area contributed by atoms with Crippen LogP contribution in [0.4, 0.5) is 0 Å². The van der Waals surface area contributed by atoms with Crippen LogP contribution in [0, 0.1) is 5.92 Å². The number of esters is 1. The smallest absolute Gasteiger partial charge is 0.325 e. The van der Waals surface area contributed by atoms with Crippen molar-refractivity contribution in [2.24, 2.45) is 11.7 Å². The molecule has 0 aliphatic rings. The number of nitrogens with two attached hydrogens (primary N) is 1. The highest BCUT2D eigenvalue weighted by Crippen LogP contribution is 2.03. The van der Waals surface area contributed by atoms with Gasteiger partial charge in [-0.3, -0.25) is 4.79 Å². The van der Waals surface area contributed by atoms with E-state index in [1.54, 1.807) is 0 Å². The molecule has 78 valence electrons. The van der Waals surface area contributed by atoms with Crippen molar-refractivity contribution in [3.8, 4) is 0 Å². The molecule has 0 aliphatic carbocycles. The molecule has 0 saturated heterocycles. The summed E-state index contributed by atoms with van der Waals surface area (Å²) >= 11 is 0. The average molecular weight is 189 g/mol. The topological polar surface area (TPSA) is 72.5 Å². The normalized spacial score (nSPS) is 13.0. The zero-order valence-electron chi connectivity index (χ0n) is 8.32. The maximum atomic E-state index is 10.9. The Hall–Kier alpha value is -0.610. The van der Waals surface area contributed by atoms with E-state index in [9.17, 15) is 4.79 Å². The molecule has 0 aliphatic heterocycles. The molecular weight excluding hydrogens is 170 g/mol. The van der Waals surface area contributed by atoms with Gasteiger partial charge in [-0.2, -0.15) is 0 Å². The Kier molecular flexibility index (Phi) is 6.54. The van der Waals surface area contributed by atoms with Crippen LogP contribution in [0.3, 0.4) is 0 Å². The van der Waals surface area contributed by atoms with E-state index in [0.717, 1.165) is 12.8 Å². The van der Waals surface area contributed by atoms with Gasteiger partial charge in [0, 0.05) is 0 Å². The lowest BCUT2D eigenvalue weighted by atomic mass is 10.1. The van der Waals surface area contributed by atoms with Gasteiger partial charge in [-0.15, -0.1) is 0 Å². The fraction of sp³-hybridized carbons (Fsp3) is 0.889. The maximum absolute atomic E-state index is 10.9. The summed E-state index contributed by atoms with van der Waals surface area (Å²) in [6, 6.07) is -0.890. The highest BCUT2D eigenvalue weighted by Gasteiger charge is 2.12. The monoisotopic (exact) mass is 189 g/mol. The van der Waals surface area contributed by atoms with Gasteiger partial charge in [-0.25, -0.2) is 0 Å². The Morgan fingerprint density at radius 1 is 1.54 bits per heavy atom. The van der Waals surface area contributed by atoms with Crippen molar-refractivity contribution in [2.75, 3.05) is 13.2 Å². The van der Waals surface area contributed by atoms with Crippen LogP contribution in [0.2, 0.25) is 0 Å². The van der Waals surface area contributed by atoms with Crippen LogP contribution in [-0.2, 0) is 9.53 Å². The Morgan fingerprint density at radius 2 is 2.15 bits per heavy atom. The van der Waals surface area contributed by atoms with E-state index in [-0.39, 0.29) is 6.61 Å². The van der Waals surface area contributed by atoms with E-state index in [1.165, 1.54) is 0 Å². The van der Waals surface area contributed by atoms with E-state index in [0.29, 0.717) is 12.5 Å². The summed E-state index contributed by atoms with van der Waals surface area (Å²) < 4.78 is 4.82. The highest BCUT2D eigenvalue weighted by molar-refractivity contribution is 5.75. The summed E-state index contributed by atoms with van der Waals surface area (Å²) in [6.07, 6.45) is 1.88. The minimum absolute atomic E-state index is 0.358. The third kappa shape index (κ3) is 6.54. The van der Waals surface area contributed by atoms with Crippen LogP contribution >= 0.6 is 0 Å². The molecule has 0 heterocycles. The first-order valence-electron chi connectivity index (χ1n) is 4.61. The third-order valence-corrected chi connectivity index (χ3v) is 1.67. The summed E-state index contributed by atoms with van der Waals surface area (Å²) in [5.41, 5.74) is 5.23. The molecule has 0 bridgehead atoms. The van der Waals surface area contributed by atoms with Crippen LogP contribution in [0.1, 0.15) is 26.7 Å². The molecule has 3 N–H and O–H groups in total. The molecular formula is C9H19NO3. The fourth-order valence-corrected chi connectivity index (χ4v) is 0.846. The Bertz CT molecular complexity index is 148. The number of carbonyl (C=O) groups excluding carboxylic acids is 1. The van der Waals surface area contributed by atoms with Crippen molar-refractivity contribution in [1.29, 1.82) is 0 Å². The molecule has 4 nitrogen and oxygen atoms in total. The van der Waals surface area contributed by atoms with Gasteiger partial charge < -0.3 is 15.6 Å². The Labute approximate surface area is 79.1 Å². The molecule has 4 heteroatoms. The number of hydrogen-bond acceptors (Lipinski definition) is 4. The van der Waals surface area contributed by atoms with Crippen LogP contribution in [-0.4, -0.2) is 30.3 Å². The van der Waals surface area contributed by atoms with Gasteiger partial charge in [-0.05, 0) is 18.8 Å². The molecule has 0 saturated carbocycles. The summed E-state index contributed by atoms with van der Waals surface area (Å²) in [5, 5.41) is 8.52. The van der Waals surface area contributed by atoms with Crippen molar-refractivity contribution in [1.82, 2.24) is 0 Å². The van der Waals surface area contributed by atoms with E-state index in [4.69, 9.17) is 15.6 Å². The number of aliphatic hydroxyl groups is 1. The van der Waals surface area contributed by atoms with Gasteiger partial charge in [-0.1, -0.05) is 13.8 Å². The van der Waals surface area contributed by atoms with Crippen LogP contribution < -0.4 is 5.73 Å². The van der Waals surface area contributed by atoms with Crippen LogP contribution in [0.25, 0.3) is 0 Å². The van der Waals surface area contributed by atoms with Crippen molar-refractivity contribution < 1.29 is 14.6 Å².